The van der Waals surface area contributed by atoms with Crippen LogP contribution in [0.5, 0.6) is 0 Å². The summed E-state index contributed by atoms with van der Waals surface area (Å²) in [6.45, 7) is 0.360. The maximum Gasteiger partial charge on any atom is 0.345 e. The molecule has 7 heteroatoms. The second-order valence-electron chi connectivity index (χ2n) is 4.50. The van der Waals surface area contributed by atoms with Crippen LogP contribution in [-0.2, 0) is 11.3 Å². The molecule has 19 heavy (non-hydrogen) atoms. The number of methoxy groups -OCH3 is 1. The third-order valence-electron chi connectivity index (χ3n) is 3.26. The Morgan fingerprint density at radius 1 is 1.68 bits per heavy atom. The number of aryl methyl sites for hydroxylation is 1. The van der Waals surface area contributed by atoms with E-state index in [4.69, 9.17) is 15.7 Å². The van der Waals surface area contributed by atoms with E-state index >= 15 is 0 Å². The van der Waals surface area contributed by atoms with E-state index in [1.54, 1.807) is 0 Å². The van der Waals surface area contributed by atoms with Crippen LogP contribution >= 0.6 is 0 Å². The zero-order valence-corrected chi connectivity index (χ0v) is 10.8. The van der Waals surface area contributed by atoms with Gasteiger partial charge in [-0.05, 0) is 19.3 Å². The average Bonchev–Trinajstić information content (AvgIpc) is 2.67. The molecular weight excluding hydrogens is 246 g/mol. The molecule has 1 saturated carbocycles. The quantitative estimate of drug-likeness (QED) is 0.771. The Balaban J connectivity index is 2.27. The van der Waals surface area contributed by atoms with Crippen LogP contribution in [0.1, 0.15) is 36.0 Å². The standard InChI is InChI=1S/C12H17N5O2/c1-19-12(18)9-10(14)17(7-3-6-13)16-11(9)15-8-4-2-5-8/h8H,2-5,7,14H2,1H3,(H,15,16). The number of esters is 1. The van der Waals surface area contributed by atoms with Gasteiger partial charge < -0.3 is 15.8 Å². The molecule has 0 aromatic carbocycles. The lowest BCUT2D eigenvalue weighted by Gasteiger charge is -2.26. The first kappa shape index (κ1) is 13.2. The SMILES string of the molecule is COC(=O)c1c(NC2CCC2)nn(CCC#N)c1N. The van der Waals surface area contributed by atoms with Crippen molar-refractivity contribution in [2.24, 2.45) is 0 Å². The van der Waals surface area contributed by atoms with Crippen LogP contribution in [0, 0.1) is 11.3 Å². The molecule has 1 fully saturated rings. The number of nitriles is 1. The van der Waals surface area contributed by atoms with Gasteiger partial charge in [-0.3, -0.25) is 0 Å². The Kier molecular flexibility index (Phi) is 3.90. The summed E-state index contributed by atoms with van der Waals surface area (Å²) in [7, 11) is 1.31. The van der Waals surface area contributed by atoms with Crippen molar-refractivity contribution >= 4 is 17.6 Å². The van der Waals surface area contributed by atoms with Gasteiger partial charge in [-0.25, -0.2) is 9.48 Å². The third kappa shape index (κ3) is 2.62. The van der Waals surface area contributed by atoms with E-state index in [-0.39, 0.29) is 17.8 Å². The lowest BCUT2D eigenvalue weighted by molar-refractivity contribution is 0.0603. The molecule has 0 aliphatic heterocycles. The number of nitrogen functional groups attached to an aromatic ring is 1. The minimum Gasteiger partial charge on any atom is -0.465 e. The van der Waals surface area contributed by atoms with Gasteiger partial charge >= 0.3 is 5.97 Å². The Morgan fingerprint density at radius 2 is 2.42 bits per heavy atom. The van der Waals surface area contributed by atoms with Gasteiger partial charge in [-0.1, -0.05) is 0 Å². The number of carbonyl (C=O) groups is 1. The molecule has 0 unspecified atom stereocenters. The minimum absolute atomic E-state index is 0.240. The Hall–Kier alpha value is -2.23. The van der Waals surface area contributed by atoms with E-state index in [0.29, 0.717) is 18.4 Å². The molecule has 1 aliphatic rings. The highest BCUT2D eigenvalue weighted by Crippen LogP contribution is 2.28. The fourth-order valence-corrected chi connectivity index (χ4v) is 1.95. The average molecular weight is 263 g/mol. The molecule has 3 N–H and O–H groups in total. The third-order valence-corrected chi connectivity index (χ3v) is 3.26. The molecule has 1 aliphatic carbocycles. The molecule has 1 heterocycles. The number of rotatable bonds is 5. The molecular formula is C12H17N5O2. The summed E-state index contributed by atoms with van der Waals surface area (Å²) in [6, 6.07) is 2.36. The van der Waals surface area contributed by atoms with Crippen molar-refractivity contribution < 1.29 is 9.53 Å². The van der Waals surface area contributed by atoms with Gasteiger partial charge in [-0.15, -0.1) is 0 Å². The molecule has 2 rings (SSSR count). The van der Waals surface area contributed by atoms with Crippen molar-refractivity contribution in [1.29, 1.82) is 5.26 Å². The molecule has 0 bridgehead atoms. The van der Waals surface area contributed by atoms with Crippen molar-refractivity contribution in [3.05, 3.63) is 5.56 Å². The number of hydrogen-bond donors (Lipinski definition) is 2. The van der Waals surface area contributed by atoms with Crippen LogP contribution < -0.4 is 11.1 Å². The number of nitrogens with two attached hydrogens (primary N) is 1. The molecule has 0 radical (unpaired) electrons. The summed E-state index contributed by atoms with van der Waals surface area (Å²) in [5.41, 5.74) is 6.16. The number of nitrogens with zero attached hydrogens (tertiary/aromatic N) is 3. The van der Waals surface area contributed by atoms with Crippen LogP contribution in [0.15, 0.2) is 0 Å². The highest BCUT2D eigenvalue weighted by atomic mass is 16.5. The summed E-state index contributed by atoms with van der Waals surface area (Å²) in [6.07, 6.45) is 3.59. The molecule has 0 atom stereocenters. The Labute approximate surface area is 111 Å². The lowest BCUT2D eigenvalue weighted by atomic mass is 9.93. The predicted molar refractivity (Wildman–Crippen MR) is 69.5 cm³/mol. The van der Waals surface area contributed by atoms with Crippen LogP contribution in [0.25, 0.3) is 0 Å². The first-order valence-corrected chi connectivity index (χ1v) is 6.25. The summed E-state index contributed by atoms with van der Waals surface area (Å²) in [4.78, 5) is 11.8. The fourth-order valence-electron chi connectivity index (χ4n) is 1.95. The summed E-state index contributed by atoms with van der Waals surface area (Å²) in [5, 5.41) is 16.1. The van der Waals surface area contributed by atoms with Gasteiger partial charge in [0, 0.05) is 6.04 Å². The first-order chi connectivity index (χ1) is 9.17. The van der Waals surface area contributed by atoms with Gasteiger partial charge in [0.1, 0.15) is 11.4 Å². The normalized spacial score (nSPS) is 14.5. The largest absolute Gasteiger partial charge is 0.465 e. The second-order valence-corrected chi connectivity index (χ2v) is 4.50. The van der Waals surface area contributed by atoms with E-state index < -0.39 is 5.97 Å². The van der Waals surface area contributed by atoms with Crippen molar-refractivity contribution in [3.63, 3.8) is 0 Å². The van der Waals surface area contributed by atoms with Crippen LogP contribution in [0.4, 0.5) is 11.6 Å². The minimum atomic E-state index is -0.512. The molecule has 1 aromatic rings. The van der Waals surface area contributed by atoms with Crippen LogP contribution in [0.2, 0.25) is 0 Å². The van der Waals surface area contributed by atoms with Crippen molar-refractivity contribution in [2.75, 3.05) is 18.2 Å². The smallest absolute Gasteiger partial charge is 0.345 e. The zero-order valence-electron chi connectivity index (χ0n) is 10.8. The second kappa shape index (κ2) is 5.61. The monoisotopic (exact) mass is 263 g/mol. The van der Waals surface area contributed by atoms with Gasteiger partial charge in [0.2, 0.25) is 0 Å². The van der Waals surface area contributed by atoms with Gasteiger partial charge in [0.15, 0.2) is 5.82 Å². The van der Waals surface area contributed by atoms with E-state index in [9.17, 15) is 4.79 Å². The number of nitrogens with one attached hydrogen (secondary N) is 1. The Bertz CT molecular complexity index is 513. The molecule has 7 nitrogen and oxygen atoms in total. The Morgan fingerprint density at radius 3 is 2.95 bits per heavy atom. The predicted octanol–water partition coefficient (Wildman–Crippen LogP) is 1.13. The zero-order chi connectivity index (χ0) is 13.8. The van der Waals surface area contributed by atoms with Crippen molar-refractivity contribution in [3.8, 4) is 6.07 Å². The number of carbonyl (C=O) groups excluding carboxylic acids is 1. The maximum atomic E-state index is 11.8. The van der Waals surface area contributed by atoms with Crippen molar-refractivity contribution in [1.82, 2.24) is 9.78 Å². The lowest BCUT2D eigenvalue weighted by Crippen LogP contribution is -2.28. The maximum absolute atomic E-state index is 11.8. The van der Waals surface area contributed by atoms with Gasteiger partial charge in [-0.2, -0.15) is 10.4 Å². The van der Waals surface area contributed by atoms with Crippen molar-refractivity contribution in [2.45, 2.75) is 38.3 Å². The molecule has 1 aromatic heterocycles. The number of hydrogen-bond acceptors (Lipinski definition) is 6. The van der Waals surface area contributed by atoms with E-state index in [2.05, 4.69) is 10.4 Å². The number of anilines is 2. The summed E-state index contributed by atoms with van der Waals surface area (Å²) < 4.78 is 6.20. The number of aromatic nitrogens is 2. The topological polar surface area (TPSA) is 106 Å². The van der Waals surface area contributed by atoms with Gasteiger partial charge in [0.05, 0.1) is 26.1 Å². The van der Waals surface area contributed by atoms with Crippen LogP contribution in [0.3, 0.4) is 0 Å². The first-order valence-electron chi connectivity index (χ1n) is 6.25. The van der Waals surface area contributed by atoms with Gasteiger partial charge in [0.25, 0.3) is 0 Å². The van der Waals surface area contributed by atoms with E-state index in [1.807, 2.05) is 6.07 Å². The highest BCUT2D eigenvalue weighted by molar-refractivity contribution is 5.99. The molecule has 102 valence electrons. The van der Waals surface area contributed by atoms with Crippen LogP contribution in [-0.4, -0.2) is 28.9 Å². The fraction of sp³-hybridized carbons (Fsp3) is 0.583. The molecule has 0 spiro atoms. The van der Waals surface area contributed by atoms with E-state index in [1.165, 1.54) is 18.2 Å². The molecule has 0 saturated heterocycles. The molecule has 0 amide bonds. The summed E-state index contributed by atoms with van der Waals surface area (Å²) in [5.74, 6) is 0.179. The van der Waals surface area contributed by atoms with E-state index in [0.717, 1.165) is 12.8 Å². The highest BCUT2D eigenvalue weighted by Gasteiger charge is 2.26. The summed E-state index contributed by atoms with van der Waals surface area (Å²) >= 11 is 0. The number of ether oxygens (including phenoxy) is 1.